The normalized spacial score (nSPS) is 22.8. The minimum Gasteiger partial charge on any atom is -0.490 e. The second kappa shape index (κ2) is 10.7. The molecule has 8 heteroatoms. The van der Waals surface area contributed by atoms with Crippen molar-refractivity contribution in [3.63, 3.8) is 0 Å². The van der Waals surface area contributed by atoms with E-state index in [9.17, 15) is 19.4 Å². The first-order valence-electron chi connectivity index (χ1n) is 12.7. The highest BCUT2D eigenvalue weighted by atomic mass is 19.1. The first-order valence-corrected chi connectivity index (χ1v) is 12.7. The second-order valence-corrected chi connectivity index (χ2v) is 10.6. The van der Waals surface area contributed by atoms with E-state index in [-0.39, 0.29) is 31.4 Å². The molecular weight excluding hydrogens is 461 g/mol. The average Bonchev–Trinajstić information content (AvgIpc) is 2.99. The number of aryl methyl sites for hydroxylation is 2. The van der Waals surface area contributed by atoms with Crippen molar-refractivity contribution >= 4 is 11.6 Å². The number of rotatable bonds is 6. The molecule has 2 aliphatic heterocycles. The number of aliphatic hydroxyl groups is 2. The molecule has 0 aromatic heterocycles. The molecule has 0 aliphatic carbocycles. The van der Waals surface area contributed by atoms with Gasteiger partial charge in [-0.05, 0) is 62.1 Å². The topological polar surface area (TPSA) is 76.5 Å². The van der Waals surface area contributed by atoms with Gasteiger partial charge in [0.2, 0.25) is 5.91 Å². The highest BCUT2D eigenvalue weighted by Crippen LogP contribution is 2.30. The third kappa shape index (κ3) is 6.35. The molecule has 196 valence electrons. The van der Waals surface area contributed by atoms with Crippen LogP contribution in [0.1, 0.15) is 30.9 Å². The van der Waals surface area contributed by atoms with Gasteiger partial charge in [0, 0.05) is 51.9 Å². The summed E-state index contributed by atoms with van der Waals surface area (Å²) in [7, 11) is 0. The third-order valence-corrected chi connectivity index (χ3v) is 7.44. The summed E-state index contributed by atoms with van der Waals surface area (Å²) in [5.41, 5.74) is 0.685. The zero-order valence-corrected chi connectivity index (χ0v) is 21.5. The van der Waals surface area contributed by atoms with Crippen LogP contribution in [0.2, 0.25) is 0 Å². The molecule has 2 heterocycles. The molecule has 0 radical (unpaired) electrons. The maximum atomic E-state index is 13.6. The quantitative estimate of drug-likeness (QED) is 0.637. The minimum atomic E-state index is -1.33. The number of amides is 1. The fraction of sp³-hybridized carbons (Fsp3) is 0.536. The fourth-order valence-electron chi connectivity index (χ4n) is 5.32. The molecule has 0 bridgehead atoms. The van der Waals surface area contributed by atoms with Crippen molar-refractivity contribution < 1.29 is 24.1 Å². The Labute approximate surface area is 213 Å². The average molecular weight is 500 g/mol. The summed E-state index contributed by atoms with van der Waals surface area (Å²) in [4.78, 5) is 18.2. The summed E-state index contributed by atoms with van der Waals surface area (Å²) in [6.07, 6.45) is 1.25. The Kier molecular flexibility index (Phi) is 7.87. The first-order chi connectivity index (χ1) is 17.1. The first kappa shape index (κ1) is 26.4. The highest BCUT2D eigenvalue weighted by Gasteiger charge is 2.41. The zero-order valence-electron chi connectivity index (χ0n) is 21.5. The van der Waals surface area contributed by atoms with Crippen molar-refractivity contribution in [2.75, 3.05) is 57.3 Å². The Morgan fingerprint density at radius 2 is 1.69 bits per heavy atom. The molecule has 2 aromatic rings. The Morgan fingerprint density at radius 3 is 2.36 bits per heavy atom. The van der Waals surface area contributed by atoms with E-state index in [1.54, 1.807) is 17.9 Å². The van der Waals surface area contributed by atoms with Crippen molar-refractivity contribution in [1.82, 2.24) is 9.80 Å². The third-order valence-electron chi connectivity index (χ3n) is 7.44. The number of ether oxygens (including phenoxy) is 1. The van der Waals surface area contributed by atoms with Crippen LogP contribution in [0, 0.1) is 19.7 Å². The SMILES string of the molecule is CC(=O)N1CCN(CC2(O)CCN(c3ccccc3C)CC2)CC(O)(COc2ccc(F)c(C)c2)C1. The van der Waals surface area contributed by atoms with Gasteiger partial charge < -0.3 is 24.7 Å². The van der Waals surface area contributed by atoms with Crippen LogP contribution in [0.25, 0.3) is 0 Å². The molecule has 2 aliphatic rings. The van der Waals surface area contributed by atoms with Gasteiger partial charge in [0.05, 0.1) is 12.1 Å². The Morgan fingerprint density at radius 1 is 0.972 bits per heavy atom. The maximum absolute atomic E-state index is 13.6. The molecule has 7 nitrogen and oxygen atoms in total. The van der Waals surface area contributed by atoms with E-state index >= 15 is 0 Å². The van der Waals surface area contributed by atoms with Crippen LogP contribution in [-0.2, 0) is 4.79 Å². The summed E-state index contributed by atoms with van der Waals surface area (Å²) in [6.45, 7) is 8.57. The van der Waals surface area contributed by atoms with Crippen LogP contribution in [0.3, 0.4) is 0 Å². The lowest BCUT2D eigenvalue weighted by atomic mass is 9.89. The van der Waals surface area contributed by atoms with Crippen molar-refractivity contribution in [3.8, 4) is 5.75 Å². The number of para-hydroxylation sites is 1. The zero-order chi connectivity index (χ0) is 25.9. The second-order valence-electron chi connectivity index (χ2n) is 10.6. The molecule has 36 heavy (non-hydrogen) atoms. The van der Waals surface area contributed by atoms with Gasteiger partial charge in [-0.2, -0.15) is 0 Å². The Balaban J connectivity index is 1.42. The van der Waals surface area contributed by atoms with Gasteiger partial charge in [-0.3, -0.25) is 9.69 Å². The molecule has 1 amide bonds. The van der Waals surface area contributed by atoms with Crippen LogP contribution in [0.5, 0.6) is 5.75 Å². The monoisotopic (exact) mass is 499 g/mol. The molecule has 0 saturated carbocycles. The number of piperidine rings is 1. The number of hydrogen-bond donors (Lipinski definition) is 2. The fourth-order valence-corrected chi connectivity index (χ4v) is 5.32. The number of hydrogen-bond acceptors (Lipinski definition) is 6. The van der Waals surface area contributed by atoms with Crippen LogP contribution in [0.4, 0.5) is 10.1 Å². The van der Waals surface area contributed by atoms with Crippen molar-refractivity contribution in [3.05, 3.63) is 59.4 Å². The van der Waals surface area contributed by atoms with Gasteiger partial charge in [-0.1, -0.05) is 18.2 Å². The van der Waals surface area contributed by atoms with E-state index < -0.39 is 11.2 Å². The summed E-state index contributed by atoms with van der Waals surface area (Å²) >= 11 is 0. The van der Waals surface area contributed by atoms with E-state index in [0.29, 0.717) is 43.8 Å². The Bertz CT molecular complexity index is 1070. The lowest BCUT2D eigenvalue weighted by molar-refractivity contribution is -0.132. The molecule has 0 spiro atoms. The molecule has 2 saturated heterocycles. The number of anilines is 1. The summed E-state index contributed by atoms with van der Waals surface area (Å²) in [5, 5.41) is 23.0. The predicted molar refractivity (Wildman–Crippen MR) is 138 cm³/mol. The molecule has 4 rings (SSSR count). The van der Waals surface area contributed by atoms with Crippen molar-refractivity contribution in [1.29, 1.82) is 0 Å². The van der Waals surface area contributed by atoms with Gasteiger partial charge in [-0.25, -0.2) is 4.39 Å². The summed E-state index contributed by atoms with van der Waals surface area (Å²) in [6, 6.07) is 12.8. The van der Waals surface area contributed by atoms with Crippen molar-refractivity contribution in [2.45, 2.75) is 44.8 Å². The van der Waals surface area contributed by atoms with Crippen LogP contribution >= 0.6 is 0 Å². The highest BCUT2D eigenvalue weighted by molar-refractivity contribution is 5.73. The number of halogens is 1. The number of nitrogens with zero attached hydrogens (tertiary/aromatic N) is 3. The predicted octanol–water partition coefficient (Wildman–Crippen LogP) is 2.75. The van der Waals surface area contributed by atoms with E-state index in [2.05, 4.69) is 24.0 Å². The molecule has 2 N–H and O–H groups in total. The largest absolute Gasteiger partial charge is 0.490 e. The smallest absolute Gasteiger partial charge is 0.219 e. The van der Waals surface area contributed by atoms with E-state index in [4.69, 9.17) is 4.74 Å². The standard InChI is InChI=1S/C28H38FN3O4/c1-21-6-4-5-7-26(21)31-12-10-27(34,11-13-31)17-30-14-15-32(23(3)33)19-28(35,18-30)20-36-24-8-9-25(29)22(2)16-24/h4-9,16,34-35H,10-15,17-20H2,1-3H3. The molecular formula is C28H38FN3O4. The lowest BCUT2D eigenvalue weighted by Gasteiger charge is -2.43. The Hall–Kier alpha value is -2.68. The molecule has 2 aromatic carbocycles. The van der Waals surface area contributed by atoms with Crippen LogP contribution in [0.15, 0.2) is 42.5 Å². The van der Waals surface area contributed by atoms with Gasteiger partial charge in [0.15, 0.2) is 0 Å². The van der Waals surface area contributed by atoms with Gasteiger partial charge >= 0.3 is 0 Å². The molecule has 1 unspecified atom stereocenters. The number of carbonyl (C=O) groups excluding carboxylic acids is 1. The van der Waals surface area contributed by atoms with Crippen LogP contribution in [-0.4, -0.2) is 89.5 Å². The summed E-state index contributed by atoms with van der Waals surface area (Å²) < 4.78 is 19.5. The minimum absolute atomic E-state index is 0.0438. The lowest BCUT2D eigenvalue weighted by Crippen LogP contribution is -2.55. The van der Waals surface area contributed by atoms with Crippen molar-refractivity contribution in [2.24, 2.45) is 0 Å². The van der Waals surface area contributed by atoms with E-state index in [1.165, 1.54) is 30.3 Å². The number of β-amino-alcohol motifs (C(OH)–C–C–N with tert-alkyl or cyclic N) is 2. The maximum Gasteiger partial charge on any atom is 0.219 e. The molecule has 1 atom stereocenters. The van der Waals surface area contributed by atoms with Gasteiger partial charge in [0.1, 0.15) is 23.8 Å². The van der Waals surface area contributed by atoms with Gasteiger partial charge in [0.25, 0.3) is 0 Å². The summed E-state index contributed by atoms with van der Waals surface area (Å²) in [5.74, 6) is 0.0408. The van der Waals surface area contributed by atoms with Gasteiger partial charge in [-0.15, -0.1) is 0 Å². The van der Waals surface area contributed by atoms with E-state index in [1.807, 2.05) is 17.0 Å². The van der Waals surface area contributed by atoms with Crippen LogP contribution < -0.4 is 9.64 Å². The molecule has 2 fully saturated rings. The number of carbonyl (C=O) groups is 1. The van der Waals surface area contributed by atoms with E-state index in [0.717, 1.165) is 13.1 Å². The number of benzene rings is 2.